The second-order valence-corrected chi connectivity index (χ2v) is 5.43. The zero-order valence-electron chi connectivity index (χ0n) is 11.1. The van der Waals surface area contributed by atoms with Gasteiger partial charge in [0.2, 0.25) is 0 Å². The number of anilines is 1. The van der Waals surface area contributed by atoms with E-state index in [0.717, 1.165) is 17.3 Å². The number of hydrogen-bond donors (Lipinski definition) is 1. The third-order valence-electron chi connectivity index (χ3n) is 3.18. The molecular formula is C15H17BrN2O. The summed E-state index contributed by atoms with van der Waals surface area (Å²) in [6.07, 6.45) is 7.35. The van der Waals surface area contributed by atoms with Crippen molar-refractivity contribution in [1.82, 2.24) is 4.98 Å². The molecule has 1 unspecified atom stereocenters. The number of rotatable bonds is 4. The van der Waals surface area contributed by atoms with Gasteiger partial charge in [-0.15, -0.1) is 0 Å². The number of nitrogens with zero attached hydrogens (tertiary/aromatic N) is 1. The van der Waals surface area contributed by atoms with Crippen LogP contribution in [0.3, 0.4) is 0 Å². The second-order valence-electron chi connectivity index (χ2n) is 4.52. The molecule has 0 saturated carbocycles. The Morgan fingerprint density at radius 2 is 2.16 bits per heavy atom. The number of ketones is 1. The smallest absolute Gasteiger partial charge is 0.185 e. The summed E-state index contributed by atoms with van der Waals surface area (Å²) in [5.74, 6) is 0.762. The molecule has 0 bridgehead atoms. The minimum atomic E-state index is -0.0585. The standard InChI is InChI=1S/C15H17BrN2O/c1-3-10-5-6-14(17-9-10)18-13-8-12(16)7-11(4-2)15(13)19/h5-9,11H,3-4H2,1-2H3,(H,17,18). The first-order chi connectivity index (χ1) is 9.13. The van der Waals surface area contributed by atoms with E-state index >= 15 is 0 Å². The highest BCUT2D eigenvalue weighted by atomic mass is 79.9. The van der Waals surface area contributed by atoms with Crippen LogP contribution in [0.25, 0.3) is 0 Å². The molecule has 0 fully saturated rings. The first-order valence-electron chi connectivity index (χ1n) is 6.49. The second kappa shape index (κ2) is 6.15. The monoisotopic (exact) mass is 320 g/mol. The number of aryl methyl sites for hydroxylation is 1. The fraction of sp³-hybridized carbons (Fsp3) is 0.333. The SMILES string of the molecule is CCc1ccc(NC2=CC(Br)=CC(CC)C2=O)nc1. The summed E-state index contributed by atoms with van der Waals surface area (Å²) < 4.78 is 0.937. The molecule has 1 aliphatic rings. The predicted molar refractivity (Wildman–Crippen MR) is 81.1 cm³/mol. The summed E-state index contributed by atoms with van der Waals surface area (Å²) in [5, 5.41) is 3.11. The van der Waals surface area contributed by atoms with Crippen LogP contribution < -0.4 is 5.32 Å². The lowest BCUT2D eigenvalue weighted by Gasteiger charge is -2.18. The molecule has 19 heavy (non-hydrogen) atoms. The number of carbonyl (C=O) groups excluding carboxylic acids is 1. The van der Waals surface area contributed by atoms with E-state index in [9.17, 15) is 4.79 Å². The molecule has 2 rings (SSSR count). The zero-order chi connectivity index (χ0) is 13.8. The highest BCUT2D eigenvalue weighted by Gasteiger charge is 2.23. The van der Waals surface area contributed by atoms with Crippen LogP contribution in [0.2, 0.25) is 0 Å². The van der Waals surface area contributed by atoms with Crippen LogP contribution in [0, 0.1) is 5.92 Å². The van der Waals surface area contributed by atoms with Gasteiger partial charge in [-0.3, -0.25) is 4.79 Å². The molecule has 0 aromatic carbocycles. The van der Waals surface area contributed by atoms with Crippen molar-refractivity contribution in [1.29, 1.82) is 0 Å². The van der Waals surface area contributed by atoms with Crippen molar-refractivity contribution in [2.24, 2.45) is 5.92 Å². The van der Waals surface area contributed by atoms with E-state index in [0.29, 0.717) is 11.5 Å². The van der Waals surface area contributed by atoms with Gasteiger partial charge in [0.25, 0.3) is 0 Å². The maximum Gasteiger partial charge on any atom is 0.185 e. The molecule has 1 heterocycles. The van der Waals surface area contributed by atoms with E-state index in [1.807, 2.05) is 37.4 Å². The van der Waals surface area contributed by atoms with Crippen LogP contribution in [-0.2, 0) is 11.2 Å². The summed E-state index contributed by atoms with van der Waals surface area (Å²) in [6, 6.07) is 3.92. The van der Waals surface area contributed by atoms with Gasteiger partial charge in [-0.25, -0.2) is 4.98 Å². The molecule has 100 valence electrons. The number of aromatic nitrogens is 1. The van der Waals surface area contributed by atoms with E-state index in [2.05, 4.69) is 33.2 Å². The van der Waals surface area contributed by atoms with Gasteiger partial charge in [-0.1, -0.05) is 41.9 Å². The number of Topliss-reactive ketones (excluding diaryl/α,β-unsaturated/α-hetero) is 1. The van der Waals surface area contributed by atoms with E-state index in [1.165, 1.54) is 5.56 Å². The van der Waals surface area contributed by atoms with Crippen LogP contribution in [0.15, 0.2) is 40.7 Å². The first kappa shape index (κ1) is 14.0. The van der Waals surface area contributed by atoms with Crippen LogP contribution in [0.5, 0.6) is 0 Å². The molecular weight excluding hydrogens is 304 g/mol. The Morgan fingerprint density at radius 3 is 2.74 bits per heavy atom. The van der Waals surface area contributed by atoms with Crippen LogP contribution in [-0.4, -0.2) is 10.8 Å². The molecule has 1 aliphatic carbocycles. The van der Waals surface area contributed by atoms with Gasteiger partial charge in [0.15, 0.2) is 5.78 Å². The molecule has 1 N–H and O–H groups in total. The molecule has 1 aromatic rings. The maximum absolute atomic E-state index is 12.2. The van der Waals surface area contributed by atoms with Crippen molar-refractivity contribution < 1.29 is 4.79 Å². The van der Waals surface area contributed by atoms with Crippen LogP contribution in [0.1, 0.15) is 25.8 Å². The number of pyridine rings is 1. The summed E-state index contributed by atoms with van der Waals surface area (Å²) in [7, 11) is 0. The third kappa shape index (κ3) is 3.32. The lowest BCUT2D eigenvalue weighted by atomic mass is 9.94. The van der Waals surface area contributed by atoms with Crippen molar-refractivity contribution in [3.63, 3.8) is 0 Å². The van der Waals surface area contributed by atoms with Crippen molar-refractivity contribution in [3.8, 4) is 0 Å². The average molecular weight is 321 g/mol. The highest BCUT2D eigenvalue weighted by molar-refractivity contribution is 9.11. The first-order valence-corrected chi connectivity index (χ1v) is 7.28. The normalized spacial score (nSPS) is 18.9. The molecule has 0 saturated heterocycles. The topological polar surface area (TPSA) is 42.0 Å². The van der Waals surface area contributed by atoms with E-state index in [-0.39, 0.29) is 11.7 Å². The molecule has 0 spiro atoms. The summed E-state index contributed by atoms with van der Waals surface area (Å²) in [6.45, 7) is 4.10. The maximum atomic E-state index is 12.2. The van der Waals surface area contributed by atoms with Crippen molar-refractivity contribution in [3.05, 3.63) is 46.2 Å². The van der Waals surface area contributed by atoms with E-state index < -0.39 is 0 Å². The van der Waals surface area contributed by atoms with Crippen LogP contribution in [0.4, 0.5) is 5.82 Å². The fourth-order valence-corrected chi connectivity index (χ4v) is 2.52. The highest BCUT2D eigenvalue weighted by Crippen LogP contribution is 2.25. The fourth-order valence-electron chi connectivity index (χ4n) is 1.97. The summed E-state index contributed by atoms with van der Waals surface area (Å²) in [5.41, 5.74) is 1.78. The molecule has 0 amide bonds. The summed E-state index contributed by atoms with van der Waals surface area (Å²) in [4.78, 5) is 16.5. The minimum Gasteiger partial charge on any atom is -0.337 e. The number of halogens is 1. The zero-order valence-corrected chi connectivity index (χ0v) is 12.7. The third-order valence-corrected chi connectivity index (χ3v) is 3.67. The lowest BCUT2D eigenvalue weighted by Crippen LogP contribution is -2.22. The Balaban J connectivity index is 2.17. The Kier molecular flexibility index (Phi) is 4.53. The Morgan fingerprint density at radius 1 is 1.37 bits per heavy atom. The molecule has 1 aromatic heterocycles. The Hall–Kier alpha value is -1.42. The predicted octanol–water partition coefficient (Wildman–Crippen LogP) is 3.83. The van der Waals surface area contributed by atoms with E-state index in [4.69, 9.17) is 0 Å². The number of hydrogen-bond acceptors (Lipinski definition) is 3. The quantitative estimate of drug-likeness (QED) is 0.916. The molecule has 0 aliphatic heterocycles. The van der Waals surface area contributed by atoms with Gasteiger partial charge in [-0.05, 0) is 30.5 Å². The van der Waals surface area contributed by atoms with E-state index in [1.54, 1.807) is 0 Å². The van der Waals surface area contributed by atoms with Gasteiger partial charge < -0.3 is 5.32 Å². The van der Waals surface area contributed by atoms with Crippen molar-refractivity contribution >= 4 is 27.5 Å². The number of allylic oxidation sites excluding steroid dienone is 4. The molecule has 4 heteroatoms. The molecule has 1 atom stereocenters. The minimum absolute atomic E-state index is 0.0585. The van der Waals surface area contributed by atoms with Crippen molar-refractivity contribution in [2.75, 3.05) is 5.32 Å². The molecule has 0 radical (unpaired) electrons. The molecule has 3 nitrogen and oxygen atoms in total. The van der Waals surface area contributed by atoms with Crippen molar-refractivity contribution in [2.45, 2.75) is 26.7 Å². The van der Waals surface area contributed by atoms with Crippen LogP contribution >= 0.6 is 15.9 Å². The van der Waals surface area contributed by atoms with Gasteiger partial charge >= 0.3 is 0 Å². The number of nitrogens with one attached hydrogen (secondary N) is 1. The van der Waals surface area contributed by atoms with Gasteiger partial charge in [0.1, 0.15) is 5.82 Å². The summed E-state index contributed by atoms with van der Waals surface area (Å²) >= 11 is 3.45. The van der Waals surface area contributed by atoms with Gasteiger partial charge in [0.05, 0.1) is 5.70 Å². The Bertz CT molecular complexity index is 532. The lowest BCUT2D eigenvalue weighted by molar-refractivity contribution is -0.117. The van der Waals surface area contributed by atoms with Gasteiger partial charge in [0, 0.05) is 16.6 Å². The average Bonchev–Trinajstić information content (AvgIpc) is 2.43. The van der Waals surface area contributed by atoms with Gasteiger partial charge in [-0.2, -0.15) is 0 Å². The number of carbonyl (C=O) groups is 1. The Labute approximate surface area is 121 Å². The largest absolute Gasteiger partial charge is 0.337 e.